The third-order valence-corrected chi connectivity index (χ3v) is 10.0. The molecule has 10 heteroatoms. The Bertz CT molecular complexity index is 1580. The molecule has 1 amide bonds. The maximum Gasteiger partial charge on any atom is 0.241 e. The number of carbonyl (C=O) groups excluding carboxylic acids is 1. The molecular weight excluding hydrogens is 586 g/mol. The number of para-hydroxylation sites is 1. The highest BCUT2D eigenvalue weighted by molar-refractivity contribution is 7.89. The minimum atomic E-state index is -4.14. The molecule has 3 aromatic rings. The van der Waals surface area contributed by atoms with Gasteiger partial charge in [0.15, 0.2) is 5.84 Å². The first-order valence-electron chi connectivity index (χ1n) is 15.7. The van der Waals surface area contributed by atoms with E-state index in [4.69, 9.17) is 5.73 Å². The molecule has 1 fully saturated rings. The lowest BCUT2D eigenvalue weighted by Gasteiger charge is -2.37. The molecule has 45 heavy (non-hydrogen) atoms. The third-order valence-electron chi connectivity index (χ3n) is 8.43. The number of piperazine rings is 1. The predicted octanol–water partition coefficient (Wildman–Crippen LogP) is 5.39. The van der Waals surface area contributed by atoms with Gasteiger partial charge in [0.25, 0.3) is 0 Å². The average molecular weight is 634 g/mol. The van der Waals surface area contributed by atoms with Gasteiger partial charge in [0.1, 0.15) is 6.04 Å². The molecule has 4 N–H and O–H groups in total. The van der Waals surface area contributed by atoms with Crippen LogP contribution in [-0.4, -0.2) is 62.5 Å². The summed E-state index contributed by atoms with van der Waals surface area (Å²) in [4.78, 5) is 18.4. The molecule has 0 aliphatic carbocycles. The molecule has 0 aromatic heterocycles. The van der Waals surface area contributed by atoms with Gasteiger partial charge in [-0.25, -0.2) is 8.42 Å². The maximum absolute atomic E-state index is 14.4. The molecule has 242 valence electrons. The van der Waals surface area contributed by atoms with Crippen molar-refractivity contribution in [2.45, 2.75) is 76.7 Å². The first-order chi connectivity index (χ1) is 21.3. The molecule has 1 aliphatic rings. The molecule has 1 heterocycles. The number of carbonyl (C=O) groups is 1. The fourth-order valence-corrected chi connectivity index (χ4v) is 7.71. The number of hydrogen-bond donors (Lipinski definition) is 3. The van der Waals surface area contributed by atoms with Crippen LogP contribution in [0.1, 0.15) is 87.1 Å². The zero-order valence-corrected chi connectivity index (χ0v) is 28.0. The summed E-state index contributed by atoms with van der Waals surface area (Å²) in [5, 5.41) is 12.3. The van der Waals surface area contributed by atoms with Crippen LogP contribution in [0.3, 0.4) is 0 Å². The van der Waals surface area contributed by atoms with E-state index in [2.05, 4.69) is 28.6 Å². The van der Waals surface area contributed by atoms with Crippen molar-refractivity contribution < 1.29 is 18.4 Å². The second-order valence-corrected chi connectivity index (χ2v) is 14.4. The van der Waals surface area contributed by atoms with Crippen LogP contribution in [0.15, 0.2) is 76.8 Å². The summed E-state index contributed by atoms with van der Waals surface area (Å²) in [6, 6.07) is 19.9. The lowest BCUT2D eigenvalue weighted by Crippen LogP contribution is -2.55. The lowest BCUT2D eigenvalue weighted by atomic mass is 9.89. The Morgan fingerprint density at radius 1 is 0.867 bits per heavy atom. The number of nitrogens with one attached hydrogen (secondary N) is 1. The smallest absolute Gasteiger partial charge is 0.241 e. The van der Waals surface area contributed by atoms with Crippen LogP contribution < -0.4 is 15.4 Å². The van der Waals surface area contributed by atoms with Crippen molar-refractivity contribution in [1.29, 1.82) is 0 Å². The number of hydrogen-bond acceptors (Lipinski definition) is 6. The Morgan fingerprint density at radius 2 is 1.47 bits per heavy atom. The first kappa shape index (κ1) is 34.0. The topological polar surface area (TPSA) is 128 Å². The van der Waals surface area contributed by atoms with E-state index in [0.717, 1.165) is 22.4 Å². The van der Waals surface area contributed by atoms with Gasteiger partial charge >= 0.3 is 0 Å². The van der Waals surface area contributed by atoms with Crippen LogP contribution >= 0.6 is 0 Å². The Kier molecular flexibility index (Phi) is 10.9. The van der Waals surface area contributed by atoms with E-state index < -0.39 is 16.1 Å². The summed E-state index contributed by atoms with van der Waals surface area (Å²) in [7, 11) is -4.14. The molecule has 0 unspecified atom stereocenters. The summed E-state index contributed by atoms with van der Waals surface area (Å²) in [5.41, 5.74) is 10.7. The van der Waals surface area contributed by atoms with Gasteiger partial charge in [0.05, 0.1) is 4.90 Å². The monoisotopic (exact) mass is 633 g/mol. The van der Waals surface area contributed by atoms with E-state index >= 15 is 0 Å². The second-order valence-electron chi connectivity index (χ2n) is 12.7. The number of sulfonamides is 1. The summed E-state index contributed by atoms with van der Waals surface area (Å²) in [6.07, 6.45) is 0.0988. The van der Waals surface area contributed by atoms with Crippen LogP contribution in [0.4, 0.5) is 5.69 Å². The van der Waals surface area contributed by atoms with Crippen molar-refractivity contribution in [3.05, 3.63) is 94.5 Å². The molecule has 9 nitrogen and oxygen atoms in total. The highest BCUT2D eigenvalue weighted by Crippen LogP contribution is 2.35. The number of oxime groups is 1. The number of rotatable bonds is 11. The lowest BCUT2D eigenvalue weighted by molar-refractivity contribution is -0.133. The molecule has 1 aliphatic heterocycles. The second kappa shape index (κ2) is 14.5. The molecule has 0 bridgehead atoms. The molecule has 0 radical (unpaired) electrons. The molecule has 0 saturated carbocycles. The summed E-state index contributed by atoms with van der Waals surface area (Å²) < 4.78 is 31.8. The zero-order valence-electron chi connectivity index (χ0n) is 27.2. The molecule has 3 aromatic carbocycles. The van der Waals surface area contributed by atoms with E-state index in [0.29, 0.717) is 37.3 Å². The van der Waals surface area contributed by atoms with E-state index in [-0.39, 0.29) is 40.8 Å². The minimum Gasteiger partial charge on any atom is -0.409 e. The van der Waals surface area contributed by atoms with Gasteiger partial charge in [-0.1, -0.05) is 95.2 Å². The fourth-order valence-electron chi connectivity index (χ4n) is 5.82. The van der Waals surface area contributed by atoms with Gasteiger partial charge < -0.3 is 20.7 Å². The van der Waals surface area contributed by atoms with E-state index in [1.807, 2.05) is 76.2 Å². The third kappa shape index (κ3) is 8.04. The number of nitrogens with two attached hydrogens (primary N) is 1. The van der Waals surface area contributed by atoms with Gasteiger partial charge in [0, 0.05) is 37.4 Å². The summed E-state index contributed by atoms with van der Waals surface area (Å²) >= 11 is 0. The molecule has 4 rings (SSSR count). The maximum atomic E-state index is 14.4. The van der Waals surface area contributed by atoms with Gasteiger partial charge in [-0.3, -0.25) is 4.79 Å². The van der Waals surface area contributed by atoms with Crippen LogP contribution in [-0.2, 0) is 21.2 Å². The van der Waals surface area contributed by atoms with Crippen molar-refractivity contribution in [3.8, 4) is 0 Å². The normalized spacial score (nSPS) is 15.3. The van der Waals surface area contributed by atoms with Crippen LogP contribution in [0, 0.1) is 0 Å². The van der Waals surface area contributed by atoms with Gasteiger partial charge in [-0.2, -0.15) is 4.72 Å². The van der Waals surface area contributed by atoms with E-state index in [1.54, 1.807) is 23.1 Å². The van der Waals surface area contributed by atoms with Gasteiger partial charge in [-0.05, 0) is 64.6 Å². The zero-order chi connectivity index (χ0) is 32.9. The van der Waals surface area contributed by atoms with Gasteiger partial charge in [0.2, 0.25) is 15.9 Å². The highest BCUT2D eigenvalue weighted by atomic mass is 32.2. The molecule has 0 spiro atoms. The van der Waals surface area contributed by atoms with E-state index in [1.165, 1.54) is 0 Å². The van der Waals surface area contributed by atoms with Gasteiger partial charge in [-0.15, -0.1) is 0 Å². The Balaban J connectivity index is 1.72. The molecule has 1 atom stereocenters. The SMILES string of the molecule is CC(C)c1cc(C(C)C)c(S(=O)(=O)N[C@@H](Cc2cccc(C(N)=NO)c2)C(=O)N2CCN(c3ccccc3)CC2)c(C(C)C)c1. The Hall–Kier alpha value is -3.89. The number of anilines is 1. The number of nitrogens with zero attached hydrogens (tertiary/aromatic N) is 3. The predicted molar refractivity (Wildman–Crippen MR) is 181 cm³/mol. The van der Waals surface area contributed by atoms with Crippen molar-refractivity contribution in [3.63, 3.8) is 0 Å². The standard InChI is InChI=1S/C35H47N5O4S/c1-23(2)28-21-30(24(3)4)33(31(22-28)25(5)6)45(43,44)38-32(20-26-11-10-12-27(19-26)34(36)37-42)35(41)40-17-15-39(16-18-40)29-13-8-7-9-14-29/h7-14,19,21-25,32,38,42H,15-18,20H2,1-6H3,(H2,36,37)/t32-/m0/s1. The van der Waals surface area contributed by atoms with Crippen molar-refractivity contribution in [1.82, 2.24) is 9.62 Å². The fraction of sp³-hybridized carbons (Fsp3) is 0.429. The quantitative estimate of drug-likeness (QED) is 0.112. The van der Waals surface area contributed by atoms with Crippen LogP contribution in [0.2, 0.25) is 0 Å². The average Bonchev–Trinajstić information content (AvgIpc) is 3.03. The summed E-state index contributed by atoms with van der Waals surface area (Å²) in [6.45, 7) is 14.4. The van der Waals surface area contributed by atoms with Crippen LogP contribution in [0.5, 0.6) is 0 Å². The minimum absolute atomic E-state index is 0.0505. The van der Waals surface area contributed by atoms with Crippen LogP contribution in [0.25, 0.3) is 0 Å². The Labute approximate surface area is 268 Å². The highest BCUT2D eigenvalue weighted by Gasteiger charge is 2.34. The number of benzene rings is 3. The largest absolute Gasteiger partial charge is 0.409 e. The van der Waals surface area contributed by atoms with Crippen molar-refractivity contribution in [2.75, 3.05) is 31.1 Å². The molecular formula is C35H47N5O4S. The van der Waals surface area contributed by atoms with E-state index in [9.17, 15) is 18.4 Å². The summed E-state index contributed by atoms with van der Waals surface area (Å²) in [5.74, 6) is -0.214. The van der Waals surface area contributed by atoms with Crippen molar-refractivity contribution in [2.24, 2.45) is 10.9 Å². The number of amidine groups is 1. The first-order valence-corrected chi connectivity index (χ1v) is 17.2. The van der Waals surface area contributed by atoms with Crippen molar-refractivity contribution >= 4 is 27.5 Å². The number of amides is 1. The Morgan fingerprint density at radius 3 is 2.00 bits per heavy atom. The molecule has 1 saturated heterocycles.